The Morgan fingerprint density at radius 2 is 1.84 bits per heavy atom. The van der Waals surface area contributed by atoms with Gasteiger partial charge in [-0.05, 0) is 20.8 Å². The van der Waals surface area contributed by atoms with Gasteiger partial charge >= 0.3 is 0 Å². The fourth-order valence-electron chi connectivity index (χ4n) is 2.65. The van der Waals surface area contributed by atoms with Crippen molar-refractivity contribution < 1.29 is 14.4 Å². The van der Waals surface area contributed by atoms with E-state index in [2.05, 4.69) is 15.6 Å². The molecule has 2 rings (SSSR count). The Kier molecular flexibility index (Phi) is 5.90. The molecule has 0 saturated heterocycles. The van der Waals surface area contributed by atoms with E-state index in [0.717, 1.165) is 5.56 Å². The molecule has 0 radical (unpaired) electrons. The Hall–Kier alpha value is -2.70. The van der Waals surface area contributed by atoms with E-state index in [1.165, 1.54) is 4.90 Å². The summed E-state index contributed by atoms with van der Waals surface area (Å²) in [7, 11) is 0. The number of benzene rings is 1. The molecule has 1 aromatic rings. The van der Waals surface area contributed by atoms with Crippen LogP contribution in [0.1, 0.15) is 26.3 Å². The van der Waals surface area contributed by atoms with Crippen molar-refractivity contribution in [3.05, 3.63) is 35.9 Å². The first-order chi connectivity index (χ1) is 11.8. The van der Waals surface area contributed by atoms with E-state index in [1.807, 2.05) is 44.2 Å². The van der Waals surface area contributed by atoms with Crippen LogP contribution in [0.5, 0.6) is 0 Å². The van der Waals surface area contributed by atoms with E-state index in [0.29, 0.717) is 18.8 Å². The second-order valence-corrected chi connectivity index (χ2v) is 6.53. The van der Waals surface area contributed by atoms with Gasteiger partial charge in [0.25, 0.3) is 5.91 Å². The lowest BCUT2D eigenvalue weighted by atomic mass is 9.98. The monoisotopic (exact) mass is 344 g/mol. The standard InChI is InChI=1S/C18H24N4O3/c1-4-19-14(23)10-20-15(24)11-22-12-18(2,3)21-16(17(22)25)13-8-6-5-7-9-13/h5-9H,4,10-12H2,1-3H3,(H,19,23)(H,20,24). The first-order valence-electron chi connectivity index (χ1n) is 8.30. The predicted molar refractivity (Wildman–Crippen MR) is 95.3 cm³/mol. The Bertz CT molecular complexity index is 683. The minimum Gasteiger partial charge on any atom is -0.355 e. The molecule has 25 heavy (non-hydrogen) atoms. The quantitative estimate of drug-likeness (QED) is 0.780. The molecule has 1 aliphatic heterocycles. The van der Waals surface area contributed by atoms with Crippen LogP contribution in [-0.4, -0.2) is 60.1 Å². The highest BCUT2D eigenvalue weighted by molar-refractivity contribution is 6.46. The summed E-state index contributed by atoms with van der Waals surface area (Å²) in [6.07, 6.45) is 0. The van der Waals surface area contributed by atoms with Crippen molar-refractivity contribution in [2.45, 2.75) is 26.3 Å². The highest BCUT2D eigenvalue weighted by Gasteiger charge is 2.35. The zero-order chi connectivity index (χ0) is 18.4. The van der Waals surface area contributed by atoms with Crippen molar-refractivity contribution in [2.75, 3.05) is 26.2 Å². The molecule has 7 nitrogen and oxygen atoms in total. The largest absolute Gasteiger partial charge is 0.355 e. The molecule has 0 fully saturated rings. The van der Waals surface area contributed by atoms with Crippen LogP contribution in [0, 0.1) is 0 Å². The van der Waals surface area contributed by atoms with Gasteiger partial charge in [0.2, 0.25) is 11.8 Å². The summed E-state index contributed by atoms with van der Waals surface area (Å²) < 4.78 is 0. The molecule has 3 amide bonds. The van der Waals surface area contributed by atoms with Crippen LogP contribution >= 0.6 is 0 Å². The van der Waals surface area contributed by atoms with E-state index in [-0.39, 0.29) is 30.8 Å². The van der Waals surface area contributed by atoms with Crippen LogP contribution in [0.3, 0.4) is 0 Å². The van der Waals surface area contributed by atoms with Gasteiger partial charge in [0.15, 0.2) is 0 Å². The van der Waals surface area contributed by atoms with Crippen molar-refractivity contribution in [2.24, 2.45) is 4.99 Å². The molecule has 1 aliphatic rings. The lowest BCUT2D eigenvalue weighted by molar-refractivity contribution is -0.133. The van der Waals surface area contributed by atoms with Gasteiger partial charge in [0.1, 0.15) is 5.71 Å². The number of hydrogen-bond donors (Lipinski definition) is 2. The Morgan fingerprint density at radius 3 is 2.48 bits per heavy atom. The van der Waals surface area contributed by atoms with Crippen LogP contribution in [0.25, 0.3) is 0 Å². The fraction of sp³-hybridized carbons (Fsp3) is 0.444. The molecule has 1 aromatic carbocycles. The van der Waals surface area contributed by atoms with E-state index in [1.54, 1.807) is 6.92 Å². The van der Waals surface area contributed by atoms with E-state index >= 15 is 0 Å². The number of aliphatic imine (C=N–C) groups is 1. The zero-order valence-electron chi connectivity index (χ0n) is 14.8. The first-order valence-corrected chi connectivity index (χ1v) is 8.30. The molecular formula is C18H24N4O3. The summed E-state index contributed by atoms with van der Waals surface area (Å²) in [5, 5.41) is 5.13. The SMILES string of the molecule is CCNC(=O)CNC(=O)CN1CC(C)(C)N=C(c2ccccc2)C1=O. The third kappa shape index (κ3) is 5.14. The number of nitrogens with zero attached hydrogens (tertiary/aromatic N) is 2. The average Bonchev–Trinajstić information content (AvgIpc) is 2.57. The summed E-state index contributed by atoms with van der Waals surface area (Å²) >= 11 is 0. The van der Waals surface area contributed by atoms with E-state index in [9.17, 15) is 14.4 Å². The number of hydrogen-bond acceptors (Lipinski definition) is 4. The second kappa shape index (κ2) is 7.92. The van der Waals surface area contributed by atoms with Crippen molar-refractivity contribution in [1.29, 1.82) is 0 Å². The molecule has 0 atom stereocenters. The molecule has 0 aliphatic carbocycles. The van der Waals surface area contributed by atoms with Crippen LogP contribution in [0.15, 0.2) is 35.3 Å². The molecule has 0 bridgehead atoms. The van der Waals surface area contributed by atoms with Gasteiger partial charge in [-0.2, -0.15) is 0 Å². The van der Waals surface area contributed by atoms with Crippen LogP contribution in [0.2, 0.25) is 0 Å². The summed E-state index contributed by atoms with van der Waals surface area (Å²) in [5.74, 6) is -0.906. The molecule has 134 valence electrons. The zero-order valence-corrected chi connectivity index (χ0v) is 14.8. The van der Waals surface area contributed by atoms with Gasteiger partial charge < -0.3 is 15.5 Å². The molecular weight excluding hydrogens is 320 g/mol. The number of nitrogens with one attached hydrogen (secondary N) is 2. The number of carbonyl (C=O) groups excluding carboxylic acids is 3. The van der Waals surface area contributed by atoms with Crippen molar-refractivity contribution in [3.63, 3.8) is 0 Å². The molecule has 0 spiro atoms. The topological polar surface area (TPSA) is 90.9 Å². The van der Waals surface area contributed by atoms with Gasteiger partial charge in [0.05, 0.1) is 18.6 Å². The fourth-order valence-corrected chi connectivity index (χ4v) is 2.65. The summed E-state index contributed by atoms with van der Waals surface area (Å²) in [6, 6.07) is 9.21. The summed E-state index contributed by atoms with van der Waals surface area (Å²) in [5.41, 5.74) is 0.597. The van der Waals surface area contributed by atoms with Crippen LogP contribution < -0.4 is 10.6 Å². The number of rotatable bonds is 6. The molecule has 7 heteroatoms. The normalized spacial score (nSPS) is 16.2. The maximum atomic E-state index is 12.7. The Balaban J connectivity index is 2.07. The minimum atomic E-state index is -0.487. The smallest absolute Gasteiger partial charge is 0.273 e. The van der Waals surface area contributed by atoms with Crippen molar-refractivity contribution >= 4 is 23.4 Å². The first kappa shape index (κ1) is 18.6. The summed E-state index contributed by atoms with van der Waals surface area (Å²) in [6.45, 7) is 6.29. The van der Waals surface area contributed by atoms with E-state index in [4.69, 9.17) is 0 Å². The van der Waals surface area contributed by atoms with Gasteiger partial charge in [-0.3, -0.25) is 19.4 Å². The number of likely N-dealkylation sites (N-methyl/N-ethyl adjacent to an activating group) is 1. The second-order valence-electron chi connectivity index (χ2n) is 6.53. The van der Waals surface area contributed by atoms with Gasteiger partial charge in [-0.15, -0.1) is 0 Å². The van der Waals surface area contributed by atoms with Crippen molar-refractivity contribution in [3.8, 4) is 0 Å². The lowest BCUT2D eigenvalue weighted by Gasteiger charge is -2.35. The van der Waals surface area contributed by atoms with Gasteiger partial charge in [0, 0.05) is 18.7 Å². The molecule has 1 heterocycles. The van der Waals surface area contributed by atoms with Crippen molar-refractivity contribution in [1.82, 2.24) is 15.5 Å². The third-order valence-electron chi connectivity index (χ3n) is 3.68. The third-order valence-corrected chi connectivity index (χ3v) is 3.68. The molecule has 0 aromatic heterocycles. The maximum Gasteiger partial charge on any atom is 0.273 e. The Labute approximate surface area is 147 Å². The average molecular weight is 344 g/mol. The summed E-state index contributed by atoms with van der Waals surface area (Å²) in [4.78, 5) is 42.3. The lowest BCUT2D eigenvalue weighted by Crippen LogP contribution is -2.53. The van der Waals surface area contributed by atoms with Gasteiger partial charge in [-0.1, -0.05) is 30.3 Å². The predicted octanol–water partition coefficient (Wildman–Crippen LogP) is 0.349. The molecule has 0 unspecified atom stereocenters. The molecule has 0 saturated carbocycles. The maximum absolute atomic E-state index is 12.7. The molecule has 2 N–H and O–H groups in total. The van der Waals surface area contributed by atoms with Crippen LogP contribution in [0.4, 0.5) is 0 Å². The highest BCUT2D eigenvalue weighted by atomic mass is 16.2. The van der Waals surface area contributed by atoms with Crippen LogP contribution in [-0.2, 0) is 14.4 Å². The number of carbonyl (C=O) groups is 3. The number of amides is 3. The van der Waals surface area contributed by atoms with E-state index < -0.39 is 5.54 Å². The highest BCUT2D eigenvalue weighted by Crippen LogP contribution is 2.20. The Morgan fingerprint density at radius 1 is 1.16 bits per heavy atom. The van der Waals surface area contributed by atoms with Gasteiger partial charge in [-0.25, -0.2) is 0 Å². The minimum absolute atomic E-state index is 0.0995.